The molecular formula is C10H12FNO2S. The summed E-state index contributed by atoms with van der Waals surface area (Å²) in [6.07, 6.45) is 0. The topological polar surface area (TPSA) is 49.3 Å². The van der Waals surface area contributed by atoms with Gasteiger partial charge in [-0.1, -0.05) is 12.1 Å². The maximum atomic E-state index is 13.1. The molecule has 2 N–H and O–H groups in total. The van der Waals surface area contributed by atoms with Crippen LogP contribution in [-0.4, -0.2) is 16.6 Å². The summed E-state index contributed by atoms with van der Waals surface area (Å²) in [5, 5.41) is 9.31. The summed E-state index contributed by atoms with van der Waals surface area (Å²) in [4.78, 5) is 11.6. The molecule has 0 atom stereocenters. The molecule has 0 spiro atoms. The number of hydrogen-bond acceptors (Lipinski definition) is 3. The maximum absolute atomic E-state index is 13.1. The highest BCUT2D eigenvalue weighted by Gasteiger charge is 2.23. The first-order valence-corrected chi connectivity index (χ1v) is 5.17. The number of benzene rings is 1. The van der Waals surface area contributed by atoms with Gasteiger partial charge >= 0.3 is 0 Å². The summed E-state index contributed by atoms with van der Waals surface area (Å²) < 4.78 is 15.5. The third-order valence-electron chi connectivity index (χ3n) is 1.65. The van der Waals surface area contributed by atoms with Crippen molar-refractivity contribution < 1.29 is 14.3 Å². The number of rotatable bonds is 3. The average Bonchev–Trinajstić information content (AvgIpc) is 2.14. The van der Waals surface area contributed by atoms with E-state index in [4.69, 9.17) is 0 Å². The van der Waals surface area contributed by atoms with Gasteiger partial charge in [0.2, 0.25) is 0 Å². The van der Waals surface area contributed by atoms with E-state index in [1.807, 2.05) is 0 Å². The Balaban J connectivity index is 2.59. The van der Waals surface area contributed by atoms with Crippen LogP contribution in [0.4, 0.5) is 4.39 Å². The zero-order valence-corrected chi connectivity index (χ0v) is 9.27. The van der Waals surface area contributed by atoms with E-state index in [1.54, 1.807) is 18.2 Å². The first kappa shape index (κ1) is 12.0. The van der Waals surface area contributed by atoms with Crippen LogP contribution in [0.25, 0.3) is 0 Å². The maximum Gasteiger partial charge on any atom is 0.261 e. The van der Waals surface area contributed by atoms with Gasteiger partial charge in [0.25, 0.3) is 5.91 Å². The van der Waals surface area contributed by atoms with Crippen molar-refractivity contribution in [3.8, 4) is 0 Å². The molecule has 3 nitrogen and oxygen atoms in total. The van der Waals surface area contributed by atoms with Gasteiger partial charge in [0.05, 0.1) is 4.90 Å². The van der Waals surface area contributed by atoms with E-state index in [9.17, 15) is 14.3 Å². The van der Waals surface area contributed by atoms with E-state index in [-0.39, 0.29) is 0 Å². The molecule has 0 aromatic heterocycles. The molecule has 0 bridgehead atoms. The Morgan fingerprint density at radius 3 is 2.60 bits per heavy atom. The lowest BCUT2D eigenvalue weighted by molar-refractivity contribution is -0.134. The van der Waals surface area contributed by atoms with Crippen LogP contribution in [0.15, 0.2) is 29.2 Å². The SMILES string of the molecule is CC(C)(O)C(=O)NSc1ccccc1F. The van der Waals surface area contributed by atoms with Gasteiger partial charge < -0.3 is 5.11 Å². The molecule has 0 aliphatic heterocycles. The van der Waals surface area contributed by atoms with Gasteiger partial charge in [-0.05, 0) is 37.9 Å². The first-order chi connectivity index (χ1) is 6.91. The number of amides is 1. The normalized spacial score (nSPS) is 11.2. The van der Waals surface area contributed by atoms with Crippen LogP contribution >= 0.6 is 11.9 Å². The second-order valence-corrected chi connectivity index (χ2v) is 4.37. The fourth-order valence-electron chi connectivity index (χ4n) is 0.754. The number of nitrogens with one attached hydrogen (secondary N) is 1. The lowest BCUT2D eigenvalue weighted by Crippen LogP contribution is -2.38. The summed E-state index contributed by atoms with van der Waals surface area (Å²) >= 11 is 0.847. The highest BCUT2D eigenvalue weighted by Crippen LogP contribution is 2.18. The Morgan fingerprint density at radius 2 is 2.07 bits per heavy atom. The highest BCUT2D eigenvalue weighted by molar-refractivity contribution is 7.98. The molecule has 0 radical (unpaired) electrons. The smallest absolute Gasteiger partial charge is 0.261 e. The fourth-order valence-corrected chi connectivity index (χ4v) is 1.52. The number of carbonyl (C=O) groups excluding carboxylic acids is 1. The molecule has 0 fully saturated rings. The molecule has 0 heterocycles. The van der Waals surface area contributed by atoms with Gasteiger partial charge in [-0.2, -0.15) is 0 Å². The molecule has 15 heavy (non-hydrogen) atoms. The summed E-state index contributed by atoms with van der Waals surface area (Å²) in [5.74, 6) is -0.964. The largest absolute Gasteiger partial charge is 0.381 e. The third-order valence-corrected chi connectivity index (χ3v) is 2.48. The van der Waals surface area contributed by atoms with Crippen molar-refractivity contribution in [2.24, 2.45) is 0 Å². The van der Waals surface area contributed by atoms with Crippen LogP contribution in [0.2, 0.25) is 0 Å². The number of carbonyl (C=O) groups is 1. The lowest BCUT2D eigenvalue weighted by atomic mass is 10.1. The second kappa shape index (κ2) is 4.63. The van der Waals surface area contributed by atoms with Gasteiger partial charge in [0.15, 0.2) is 0 Å². The molecule has 0 aliphatic rings. The van der Waals surface area contributed by atoms with Crippen molar-refractivity contribution in [1.82, 2.24) is 4.72 Å². The van der Waals surface area contributed by atoms with E-state index in [2.05, 4.69) is 4.72 Å². The van der Waals surface area contributed by atoms with Crippen molar-refractivity contribution in [2.75, 3.05) is 0 Å². The molecule has 0 saturated carbocycles. The minimum atomic E-state index is -1.46. The van der Waals surface area contributed by atoms with Gasteiger partial charge in [0.1, 0.15) is 11.4 Å². The number of halogens is 1. The Bertz CT molecular complexity index is 363. The summed E-state index contributed by atoms with van der Waals surface area (Å²) in [7, 11) is 0. The van der Waals surface area contributed by atoms with Crippen LogP contribution < -0.4 is 4.72 Å². The van der Waals surface area contributed by atoms with Crippen molar-refractivity contribution in [3.63, 3.8) is 0 Å². The molecule has 0 unspecified atom stereocenters. The van der Waals surface area contributed by atoms with E-state index >= 15 is 0 Å². The van der Waals surface area contributed by atoms with E-state index in [1.165, 1.54) is 19.9 Å². The highest BCUT2D eigenvalue weighted by atomic mass is 32.2. The average molecular weight is 229 g/mol. The minimum absolute atomic E-state index is 0.315. The standard InChI is InChI=1S/C10H12FNO2S/c1-10(2,14)9(13)12-15-8-6-4-3-5-7(8)11/h3-6,14H,1-2H3,(H,12,13). The van der Waals surface area contributed by atoms with Crippen LogP contribution in [0.1, 0.15) is 13.8 Å². The Hall–Kier alpha value is -1.07. The number of aliphatic hydroxyl groups is 1. The molecule has 0 saturated heterocycles. The van der Waals surface area contributed by atoms with Gasteiger partial charge in [-0.15, -0.1) is 0 Å². The second-order valence-electron chi connectivity index (χ2n) is 3.52. The van der Waals surface area contributed by atoms with Gasteiger partial charge in [-0.25, -0.2) is 4.39 Å². The van der Waals surface area contributed by atoms with Crippen LogP contribution in [0.5, 0.6) is 0 Å². The Kier molecular flexibility index (Phi) is 3.71. The predicted octanol–water partition coefficient (Wildman–Crippen LogP) is 1.72. The van der Waals surface area contributed by atoms with E-state index < -0.39 is 17.3 Å². The molecule has 82 valence electrons. The first-order valence-electron chi connectivity index (χ1n) is 4.35. The molecule has 1 aromatic rings. The minimum Gasteiger partial charge on any atom is -0.381 e. The summed E-state index contributed by atoms with van der Waals surface area (Å²) in [6.45, 7) is 2.73. The van der Waals surface area contributed by atoms with Crippen molar-refractivity contribution >= 4 is 17.9 Å². The molecule has 1 rings (SSSR count). The van der Waals surface area contributed by atoms with Crippen molar-refractivity contribution in [2.45, 2.75) is 24.3 Å². The monoisotopic (exact) mass is 229 g/mol. The van der Waals surface area contributed by atoms with Crippen LogP contribution in [0.3, 0.4) is 0 Å². The molecular weight excluding hydrogens is 217 g/mol. The molecule has 1 amide bonds. The fraction of sp³-hybridized carbons (Fsp3) is 0.300. The molecule has 1 aromatic carbocycles. The Labute approximate surface area is 91.8 Å². The van der Waals surface area contributed by atoms with Gasteiger partial charge in [0, 0.05) is 0 Å². The molecule has 0 aliphatic carbocycles. The predicted molar refractivity (Wildman–Crippen MR) is 56.7 cm³/mol. The summed E-state index contributed by atoms with van der Waals surface area (Å²) in [5.41, 5.74) is -1.46. The zero-order valence-electron chi connectivity index (χ0n) is 8.45. The number of hydrogen-bond donors (Lipinski definition) is 2. The Morgan fingerprint density at radius 1 is 1.47 bits per heavy atom. The van der Waals surface area contributed by atoms with Gasteiger partial charge in [-0.3, -0.25) is 9.52 Å². The molecule has 5 heteroatoms. The lowest BCUT2D eigenvalue weighted by Gasteiger charge is -2.15. The quantitative estimate of drug-likeness (QED) is 0.776. The van der Waals surface area contributed by atoms with E-state index in [0.29, 0.717) is 4.90 Å². The van der Waals surface area contributed by atoms with E-state index in [0.717, 1.165) is 11.9 Å². The van der Waals surface area contributed by atoms with Crippen LogP contribution in [-0.2, 0) is 4.79 Å². The zero-order chi connectivity index (χ0) is 11.5. The van der Waals surface area contributed by atoms with Crippen LogP contribution in [0, 0.1) is 5.82 Å². The third kappa shape index (κ3) is 3.53. The summed E-state index contributed by atoms with van der Waals surface area (Å²) in [6, 6.07) is 6.09. The van der Waals surface area contributed by atoms with Crippen molar-refractivity contribution in [1.29, 1.82) is 0 Å². The van der Waals surface area contributed by atoms with Crippen molar-refractivity contribution in [3.05, 3.63) is 30.1 Å².